The molecular weight excluding hydrogens is 400 g/mol. The van der Waals surface area contributed by atoms with Gasteiger partial charge in [-0.1, -0.05) is 42.5 Å². The third kappa shape index (κ3) is 7.99. The van der Waals surface area contributed by atoms with Gasteiger partial charge in [0, 0.05) is 11.1 Å². The predicted molar refractivity (Wildman–Crippen MR) is 114 cm³/mol. The third-order valence-electron chi connectivity index (χ3n) is 4.08. The highest BCUT2D eigenvalue weighted by molar-refractivity contribution is 5.58. The van der Waals surface area contributed by atoms with Crippen molar-refractivity contribution >= 4 is 0 Å². The molecule has 9 nitrogen and oxygen atoms in total. The zero-order valence-corrected chi connectivity index (χ0v) is 17.2. The summed E-state index contributed by atoms with van der Waals surface area (Å²) in [6.07, 6.45) is 0. The molecule has 0 aliphatic heterocycles. The molecule has 0 aliphatic rings. The first-order chi connectivity index (χ1) is 15.4. The van der Waals surface area contributed by atoms with Crippen LogP contribution in [0, 0.1) is 0 Å². The Bertz CT molecular complexity index is 881. The number of aliphatic hydroxyl groups is 1. The minimum atomic E-state index is 0.0212. The van der Waals surface area contributed by atoms with Crippen molar-refractivity contribution in [3.05, 3.63) is 54.6 Å². The van der Waals surface area contributed by atoms with Gasteiger partial charge in [-0.3, -0.25) is 0 Å². The molecule has 3 rings (SSSR count). The van der Waals surface area contributed by atoms with E-state index < -0.39 is 0 Å². The summed E-state index contributed by atoms with van der Waals surface area (Å²) in [5.41, 5.74) is 1.64. The molecule has 9 heteroatoms. The summed E-state index contributed by atoms with van der Waals surface area (Å²) in [6, 6.07) is 17.0. The van der Waals surface area contributed by atoms with E-state index >= 15 is 0 Å². The normalized spacial score (nSPS) is 10.9. The molecule has 31 heavy (non-hydrogen) atoms. The van der Waals surface area contributed by atoms with Crippen molar-refractivity contribution in [2.45, 2.75) is 0 Å². The molecule has 0 atom stereocenters. The fourth-order valence-corrected chi connectivity index (χ4v) is 2.60. The van der Waals surface area contributed by atoms with E-state index in [1.165, 1.54) is 0 Å². The number of aromatic nitrogens is 4. The monoisotopic (exact) mass is 426 g/mol. The zero-order valence-electron chi connectivity index (χ0n) is 17.2. The average molecular weight is 426 g/mol. The summed E-state index contributed by atoms with van der Waals surface area (Å²) in [5, 5.41) is 25.3. The Labute approximate surface area is 181 Å². The maximum atomic E-state index is 8.58. The summed E-state index contributed by atoms with van der Waals surface area (Å²) in [5.74, 6) is 1.60. The van der Waals surface area contributed by atoms with Crippen LogP contribution in [-0.2, 0) is 14.2 Å². The van der Waals surface area contributed by atoms with Gasteiger partial charge in [0.15, 0.2) is 0 Å². The van der Waals surface area contributed by atoms with Gasteiger partial charge in [0.2, 0.25) is 11.6 Å². The van der Waals surface area contributed by atoms with E-state index in [4.69, 9.17) is 24.1 Å². The molecule has 2 aromatic carbocycles. The van der Waals surface area contributed by atoms with Crippen LogP contribution in [0.1, 0.15) is 0 Å². The average Bonchev–Trinajstić information content (AvgIpc) is 2.83. The number of hydrogen-bond donors (Lipinski definition) is 1. The summed E-state index contributed by atoms with van der Waals surface area (Å²) in [7, 11) is 0. The van der Waals surface area contributed by atoms with Gasteiger partial charge in [0.1, 0.15) is 12.4 Å². The minimum Gasteiger partial charge on any atom is -0.491 e. The highest BCUT2D eigenvalue weighted by atomic mass is 16.6. The van der Waals surface area contributed by atoms with Gasteiger partial charge in [0.05, 0.1) is 46.2 Å². The number of aliphatic hydroxyl groups excluding tert-OH is 1. The quantitative estimate of drug-likeness (QED) is 0.387. The molecule has 0 aliphatic carbocycles. The first-order valence-corrected chi connectivity index (χ1v) is 10.1. The van der Waals surface area contributed by atoms with Crippen molar-refractivity contribution in [2.24, 2.45) is 0 Å². The van der Waals surface area contributed by atoms with Crippen LogP contribution in [0.5, 0.6) is 5.75 Å². The van der Waals surface area contributed by atoms with Gasteiger partial charge in [0.25, 0.3) is 0 Å². The summed E-state index contributed by atoms with van der Waals surface area (Å²) in [6.45, 7) is 3.10. The standard InChI is InChI=1S/C22H26N4O5/c27-9-10-28-11-12-29-13-14-30-15-16-31-20-8-4-7-19(17-20)22-25-23-21(24-26-22)18-5-2-1-3-6-18/h1-8,17,27H,9-16H2. The Balaban J connectivity index is 1.38. The smallest absolute Gasteiger partial charge is 0.203 e. The molecule has 3 aromatic rings. The van der Waals surface area contributed by atoms with Crippen molar-refractivity contribution in [2.75, 3.05) is 52.9 Å². The lowest BCUT2D eigenvalue weighted by atomic mass is 10.2. The second-order valence-electron chi connectivity index (χ2n) is 6.35. The molecule has 0 amide bonds. The molecule has 0 spiro atoms. The SMILES string of the molecule is OCCOCCOCCOCCOc1cccc(-c2nnc(-c3ccccc3)nn2)c1. The van der Waals surface area contributed by atoms with Crippen LogP contribution < -0.4 is 4.74 Å². The lowest BCUT2D eigenvalue weighted by molar-refractivity contribution is 0.00361. The van der Waals surface area contributed by atoms with E-state index in [-0.39, 0.29) is 6.61 Å². The number of rotatable bonds is 14. The van der Waals surface area contributed by atoms with Crippen LogP contribution in [0.4, 0.5) is 0 Å². The van der Waals surface area contributed by atoms with Gasteiger partial charge < -0.3 is 24.1 Å². The number of nitrogens with zero attached hydrogens (tertiary/aromatic N) is 4. The molecule has 164 valence electrons. The van der Waals surface area contributed by atoms with Crippen LogP contribution in [-0.4, -0.2) is 78.4 Å². The van der Waals surface area contributed by atoms with E-state index in [1.54, 1.807) is 0 Å². The second kappa shape index (κ2) is 13.3. The Hall–Kier alpha value is -2.98. The minimum absolute atomic E-state index is 0.0212. The maximum absolute atomic E-state index is 8.58. The van der Waals surface area contributed by atoms with Crippen molar-refractivity contribution in [3.8, 4) is 28.5 Å². The van der Waals surface area contributed by atoms with E-state index in [1.807, 2.05) is 54.6 Å². The third-order valence-corrected chi connectivity index (χ3v) is 4.08. The molecule has 1 heterocycles. The molecule has 0 fully saturated rings. The molecule has 0 saturated heterocycles. The van der Waals surface area contributed by atoms with Crippen LogP contribution >= 0.6 is 0 Å². The van der Waals surface area contributed by atoms with E-state index in [0.717, 1.165) is 11.1 Å². The highest BCUT2D eigenvalue weighted by Gasteiger charge is 2.07. The number of hydrogen-bond acceptors (Lipinski definition) is 9. The second-order valence-corrected chi connectivity index (χ2v) is 6.35. The molecular formula is C22H26N4O5. The fourth-order valence-electron chi connectivity index (χ4n) is 2.60. The van der Waals surface area contributed by atoms with Crippen molar-refractivity contribution < 1.29 is 24.1 Å². The van der Waals surface area contributed by atoms with E-state index in [2.05, 4.69) is 20.4 Å². The Morgan fingerprint density at radius 1 is 0.581 bits per heavy atom. The van der Waals surface area contributed by atoms with Crippen LogP contribution in [0.2, 0.25) is 0 Å². The largest absolute Gasteiger partial charge is 0.491 e. The molecule has 1 aromatic heterocycles. The summed E-state index contributed by atoms with van der Waals surface area (Å²) < 4.78 is 21.6. The summed E-state index contributed by atoms with van der Waals surface area (Å²) in [4.78, 5) is 0. The van der Waals surface area contributed by atoms with Crippen LogP contribution in [0.3, 0.4) is 0 Å². The first kappa shape index (κ1) is 22.7. The Morgan fingerprint density at radius 3 is 1.77 bits per heavy atom. The van der Waals surface area contributed by atoms with E-state index in [0.29, 0.717) is 63.6 Å². The number of benzene rings is 2. The van der Waals surface area contributed by atoms with E-state index in [9.17, 15) is 0 Å². The van der Waals surface area contributed by atoms with Gasteiger partial charge >= 0.3 is 0 Å². The topological polar surface area (TPSA) is 109 Å². The van der Waals surface area contributed by atoms with Crippen molar-refractivity contribution in [1.82, 2.24) is 20.4 Å². The van der Waals surface area contributed by atoms with Gasteiger partial charge in [-0.15, -0.1) is 20.4 Å². The van der Waals surface area contributed by atoms with Crippen molar-refractivity contribution in [3.63, 3.8) is 0 Å². The van der Waals surface area contributed by atoms with Crippen molar-refractivity contribution in [1.29, 1.82) is 0 Å². The van der Waals surface area contributed by atoms with Crippen LogP contribution in [0.25, 0.3) is 22.8 Å². The molecule has 1 N–H and O–H groups in total. The lowest BCUT2D eigenvalue weighted by Crippen LogP contribution is -2.13. The first-order valence-electron chi connectivity index (χ1n) is 10.1. The lowest BCUT2D eigenvalue weighted by Gasteiger charge is -2.09. The summed E-state index contributed by atoms with van der Waals surface area (Å²) >= 11 is 0. The predicted octanol–water partition coefficient (Wildman–Crippen LogP) is 2.02. The van der Waals surface area contributed by atoms with Gasteiger partial charge in [-0.2, -0.15) is 0 Å². The number of ether oxygens (including phenoxy) is 4. The highest BCUT2D eigenvalue weighted by Crippen LogP contribution is 2.21. The Kier molecular flexibility index (Phi) is 9.77. The fraction of sp³-hybridized carbons (Fsp3) is 0.364. The van der Waals surface area contributed by atoms with Crippen LogP contribution in [0.15, 0.2) is 54.6 Å². The Morgan fingerprint density at radius 2 is 1.13 bits per heavy atom. The molecule has 0 saturated carbocycles. The molecule has 0 unspecified atom stereocenters. The maximum Gasteiger partial charge on any atom is 0.203 e. The zero-order chi connectivity index (χ0) is 21.6. The van der Waals surface area contributed by atoms with Gasteiger partial charge in [-0.05, 0) is 12.1 Å². The molecule has 0 bridgehead atoms. The molecule has 0 radical (unpaired) electrons. The van der Waals surface area contributed by atoms with Gasteiger partial charge in [-0.25, -0.2) is 0 Å².